The number of nitrogens with one attached hydrogen (secondary N) is 1. The molecule has 0 radical (unpaired) electrons. The first kappa shape index (κ1) is 15.1. The molecule has 0 bridgehead atoms. The van der Waals surface area contributed by atoms with Crippen molar-refractivity contribution in [2.75, 3.05) is 13.1 Å². The quantitative estimate of drug-likeness (QED) is 0.903. The van der Waals surface area contributed by atoms with Crippen molar-refractivity contribution in [1.29, 1.82) is 0 Å². The minimum atomic E-state index is -2.42. The van der Waals surface area contributed by atoms with Crippen molar-refractivity contribution in [3.8, 4) is 11.3 Å². The van der Waals surface area contributed by atoms with Crippen molar-refractivity contribution in [1.82, 2.24) is 15.1 Å². The van der Waals surface area contributed by atoms with Gasteiger partial charge in [-0.1, -0.05) is 0 Å². The summed E-state index contributed by atoms with van der Waals surface area (Å²) in [5.74, 6) is -2.50. The molecule has 3 rings (SSSR count). The normalized spacial score (nSPS) is 20.7. The number of carbonyl (C=O) groups excluding carboxylic acids is 1. The van der Waals surface area contributed by atoms with Crippen LogP contribution in [0.1, 0.15) is 16.8 Å². The van der Waals surface area contributed by atoms with E-state index in [-0.39, 0.29) is 18.5 Å². The summed E-state index contributed by atoms with van der Waals surface area (Å²) in [6, 6.07) is 5.47. The molecule has 2 N–H and O–H groups in total. The maximum Gasteiger partial charge on any atom is 0.343 e. The van der Waals surface area contributed by atoms with E-state index in [0.29, 0.717) is 11.3 Å². The average molecular weight is 321 g/mol. The molecule has 1 aliphatic heterocycles. The number of aromatic nitrogens is 2. The third-order valence-electron chi connectivity index (χ3n) is 3.89. The lowest BCUT2D eigenvalue weighted by Gasteiger charge is -2.17. The molecule has 1 atom stereocenters. The summed E-state index contributed by atoms with van der Waals surface area (Å²) in [4.78, 5) is 24.6. The number of hydrogen-bond acceptors (Lipinski definition) is 3. The summed E-state index contributed by atoms with van der Waals surface area (Å²) in [7, 11) is 0. The Balaban J connectivity index is 1.86. The fourth-order valence-corrected chi connectivity index (χ4v) is 2.58. The van der Waals surface area contributed by atoms with Gasteiger partial charge in [0, 0.05) is 18.5 Å². The summed E-state index contributed by atoms with van der Waals surface area (Å²) >= 11 is 0. The SMILES string of the molecule is O=C(c1cn[nH]c1-c1ccc(F)cc1)N1CCC(F)(C(=O)O)C1. The number of halogens is 2. The van der Waals surface area contributed by atoms with E-state index < -0.39 is 29.9 Å². The molecular formula is C15H13F2N3O3. The molecule has 1 aromatic carbocycles. The molecule has 120 valence electrons. The molecule has 1 aromatic heterocycles. The number of likely N-dealkylation sites (tertiary alicyclic amines) is 1. The molecule has 1 fully saturated rings. The standard InChI is InChI=1S/C15H13F2N3O3/c16-10-3-1-9(2-4-10)12-11(7-18-19-12)13(21)20-6-5-15(17,8-20)14(22)23/h1-4,7H,5-6,8H2,(H,18,19)(H,22,23). The number of H-pyrrole nitrogens is 1. The average Bonchev–Trinajstić information content (AvgIpc) is 3.15. The Morgan fingerprint density at radius 1 is 1.30 bits per heavy atom. The number of aliphatic carboxylic acids is 1. The molecule has 1 amide bonds. The Morgan fingerprint density at radius 2 is 2.00 bits per heavy atom. The molecule has 0 spiro atoms. The maximum atomic E-state index is 14.1. The van der Waals surface area contributed by atoms with Gasteiger partial charge in [-0.15, -0.1) is 0 Å². The van der Waals surface area contributed by atoms with Gasteiger partial charge in [-0.05, 0) is 24.3 Å². The largest absolute Gasteiger partial charge is 0.479 e. The predicted molar refractivity (Wildman–Crippen MR) is 76.0 cm³/mol. The van der Waals surface area contributed by atoms with E-state index in [2.05, 4.69) is 10.2 Å². The lowest BCUT2D eigenvalue weighted by molar-refractivity contribution is -0.149. The van der Waals surface area contributed by atoms with Gasteiger partial charge in [0.05, 0.1) is 24.0 Å². The molecule has 6 nitrogen and oxygen atoms in total. The first-order valence-electron chi connectivity index (χ1n) is 6.91. The van der Waals surface area contributed by atoms with Crippen LogP contribution in [0.25, 0.3) is 11.3 Å². The van der Waals surface area contributed by atoms with Crippen LogP contribution in [0, 0.1) is 5.82 Å². The highest BCUT2D eigenvalue weighted by molar-refractivity contribution is 6.00. The lowest BCUT2D eigenvalue weighted by Crippen LogP contribution is -2.38. The van der Waals surface area contributed by atoms with Gasteiger partial charge in [0.25, 0.3) is 5.91 Å². The maximum absolute atomic E-state index is 14.1. The number of carboxylic acid groups (broad SMARTS) is 1. The molecule has 2 aromatic rings. The van der Waals surface area contributed by atoms with E-state index in [9.17, 15) is 18.4 Å². The predicted octanol–water partition coefficient (Wildman–Crippen LogP) is 1.85. The molecule has 1 aliphatic rings. The van der Waals surface area contributed by atoms with E-state index >= 15 is 0 Å². The Hall–Kier alpha value is -2.77. The molecule has 0 aliphatic carbocycles. The molecule has 8 heteroatoms. The monoisotopic (exact) mass is 321 g/mol. The number of carboxylic acids is 1. The number of amides is 1. The number of rotatable bonds is 3. The first-order valence-corrected chi connectivity index (χ1v) is 6.91. The van der Waals surface area contributed by atoms with Crippen molar-refractivity contribution in [3.05, 3.63) is 41.8 Å². The number of alkyl halides is 1. The van der Waals surface area contributed by atoms with Gasteiger partial charge in [-0.2, -0.15) is 5.10 Å². The molecule has 23 heavy (non-hydrogen) atoms. The molecule has 1 saturated heterocycles. The van der Waals surface area contributed by atoms with Crippen LogP contribution >= 0.6 is 0 Å². The minimum Gasteiger partial charge on any atom is -0.479 e. The van der Waals surface area contributed by atoms with Gasteiger partial charge in [0.2, 0.25) is 5.67 Å². The summed E-state index contributed by atoms with van der Waals surface area (Å²) in [6.45, 7) is -0.495. The van der Waals surface area contributed by atoms with Crippen LogP contribution in [0.3, 0.4) is 0 Å². The van der Waals surface area contributed by atoms with E-state index in [0.717, 1.165) is 4.90 Å². The van der Waals surface area contributed by atoms with Gasteiger partial charge >= 0.3 is 5.97 Å². The molecule has 2 heterocycles. The molecule has 0 saturated carbocycles. The van der Waals surface area contributed by atoms with Crippen LogP contribution in [0.15, 0.2) is 30.5 Å². The zero-order chi connectivity index (χ0) is 16.6. The Kier molecular flexibility index (Phi) is 3.59. The van der Waals surface area contributed by atoms with Crippen LogP contribution in [0.4, 0.5) is 8.78 Å². The highest BCUT2D eigenvalue weighted by atomic mass is 19.1. The van der Waals surface area contributed by atoms with Crippen molar-refractivity contribution in [2.45, 2.75) is 12.1 Å². The van der Waals surface area contributed by atoms with E-state index in [4.69, 9.17) is 5.11 Å². The fraction of sp³-hybridized carbons (Fsp3) is 0.267. The van der Waals surface area contributed by atoms with Crippen LogP contribution in [0.2, 0.25) is 0 Å². The lowest BCUT2D eigenvalue weighted by atomic mass is 10.1. The second-order valence-corrected chi connectivity index (χ2v) is 5.41. The number of nitrogens with zero attached hydrogens (tertiary/aromatic N) is 2. The Morgan fingerprint density at radius 3 is 2.61 bits per heavy atom. The fourth-order valence-electron chi connectivity index (χ4n) is 2.58. The van der Waals surface area contributed by atoms with Crippen LogP contribution in [0.5, 0.6) is 0 Å². The zero-order valence-electron chi connectivity index (χ0n) is 11.9. The summed E-state index contributed by atoms with van der Waals surface area (Å²) in [5, 5.41) is 15.4. The van der Waals surface area contributed by atoms with E-state index in [1.807, 2.05) is 0 Å². The summed E-state index contributed by atoms with van der Waals surface area (Å²) < 4.78 is 27.1. The molecular weight excluding hydrogens is 308 g/mol. The van der Waals surface area contributed by atoms with Crippen molar-refractivity contribution >= 4 is 11.9 Å². The van der Waals surface area contributed by atoms with Crippen molar-refractivity contribution in [2.24, 2.45) is 0 Å². The zero-order valence-corrected chi connectivity index (χ0v) is 11.9. The Labute approximate surface area is 129 Å². The van der Waals surface area contributed by atoms with Crippen LogP contribution < -0.4 is 0 Å². The van der Waals surface area contributed by atoms with Gasteiger partial charge in [-0.25, -0.2) is 13.6 Å². The highest BCUT2D eigenvalue weighted by Gasteiger charge is 2.47. The molecule has 1 unspecified atom stereocenters. The van der Waals surface area contributed by atoms with Gasteiger partial charge in [0.1, 0.15) is 5.82 Å². The third-order valence-corrected chi connectivity index (χ3v) is 3.89. The van der Waals surface area contributed by atoms with E-state index in [1.165, 1.54) is 30.5 Å². The number of aromatic amines is 1. The Bertz CT molecular complexity index is 760. The highest BCUT2D eigenvalue weighted by Crippen LogP contribution is 2.29. The second kappa shape index (κ2) is 5.45. The van der Waals surface area contributed by atoms with E-state index in [1.54, 1.807) is 0 Å². The summed E-state index contributed by atoms with van der Waals surface area (Å²) in [5.41, 5.74) is -1.31. The number of hydrogen-bond donors (Lipinski definition) is 2. The van der Waals surface area contributed by atoms with Crippen molar-refractivity contribution < 1.29 is 23.5 Å². The van der Waals surface area contributed by atoms with Gasteiger partial charge in [-0.3, -0.25) is 9.89 Å². The third kappa shape index (κ3) is 2.67. The topological polar surface area (TPSA) is 86.3 Å². The number of carbonyl (C=O) groups is 2. The van der Waals surface area contributed by atoms with Crippen LogP contribution in [-0.4, -0.2) is 50.8 Å². The van der Waals surface area contributed by atoms with Gasteiger partial charge in [0.15, 0.2) is 0 Å². The first-order chi connectivity index (χ1) is 10.9. The number of benzene rings is 1. The van der Waals surface area contributed by atoms with Gasteiger partial charge < -0.3 is 10.0 Å². The van der Waals surface area contributed by atoms with Crippen molar-refractivity contribution in [3.63, 3.8) is 0 Å². The summed E-state index contributed by atoms with van der Waals surface area (Å²) in [6.07, 6.45) is 1.04. The van der Waals surface area contributed by atoms with Crippen LogP contribution in [-0.2, 0) is 4.79 Å². The minimum absolute atomic E-state index is 0.00959. The second-order valence-electron chi connectivity index (χ2n) is 5.41. The smallest absolute Gasteiger partial charge is 0.343 e.